The SMILES string of the molecule is CC(CBr)CCCNC(=O)C1CCOC1C. The van der Waals surface area contributed by atoms with Gasteiger partial charge in [-0.05, 0) is 32.1 Å². The van der Waals surface area contributed by atoms with E-state index in [-0.39, 0.29) is 17.9 Å². The highest BCUT2D eigenvalue weighted by molar-refractivity contribution is 9.09. The highest BCUT2D eigenvalue weighted by atomic mass is 79.9. The topological polar surface area (TPSA) is 38.3 Å². The minimum absolute atomic E-state index is 0.0635. The van der Waals surface area contributed by atoms with Gasteiger partial charge in [-0.15, -0.1) is 0 Å². The van der Waals surface area contributed by atoms with Gasteiger partial charge in [0, 0.05) is 18.5 Å². The fourth-order valence-corrected chi connectivity index (χ4v) is 2.27. The molecule has 0 aromatic heterocycles. The van der Waals surface area contributed by atoms with Crippen molar-refractivity contribution in [2.75, 3.05) is 18.5 Å². The van der Waals surface area contributed by atoms with Gasteiger partial charge in [0.25, 0.3) is 0 Å². The molecule has 1 amide bonds. The molecule has 0 spiro atoms. The van der Waals surface area contributed by atoms with Gasteiger partial charge in [0.2, 0.25) is 5.91 Å². The zero-order valence-corrected chi connectivity index (χ0v) is 11.8. The Labute approximate surface area is 106 Å². The van der Waals surface area contributed by atoms with Gasteiger partial charge in [-0.25, -0.2) is 0 Å². The second kappa shape index (κ2) is 7.28. The van der Waals surface area contributed by atoms with E-state index in [9.17, 15) is 4.79 Å². The van der Waals surface area contributed by atoms with Gasteiger partial charge in [-0.2, -0.15) is 0 Å². The van der Waals surface area contributed by atoms with Crippen molar-refractivity contribution in [3.63, 3.8) is 0 Å². The number of hydrogen-bond donors (Lipinski definition) is 1. The summed E-state index contributed by atoms with van der Waals surface area (Å²) in [5.41, 5.74) is 0. The quantitative estimate of drug-likeness (QED) is 0.603. The monoisotopic (exact) mass is 291 g/mol. The predicted molar refractivity (Wildman–Crippen MR) is 68.7 cm³/mol. The van der Waals surface area contributed by atoms with Crippen molar-refractivity contribution in [1.82, 2.24) is 5.32 Å². The Morgan fingerprint density at radius 1 is 1.62 bits per heavy atom. The lowest BCUT2D eigenvalue weighted by molar-refractivity contribution is -0.126. The Bertz CT molecular complexity index is 223. The molecule has 0 aliphatic carbocycles. The molecule has 3 unspecified atom stereocenters. The maximum absolute atomic E-state index is 11.8. The van der Waals surface area contributed by atoms with E-state index in [1.165, 1.54) is 0 Å². The smallest absolute Gasteiger partial charge is 0.225 e. The lowest BCUT2D eigenvalue weighted by Gasteiger charge is -2.14. The van der Waals surface area contributed by atoms with Crippen molar-refractivity contribution in [2.45, 2.75) is 39.2 Å². The molecule has 0 saturated carbocycles. The van der Waals surface area contributed by atoms with Crippen LogP contribution in [0.4, 0.5) is 0 Å². The number of hydrogen-bond acceptors (Lipinski definition) is 2. The number of carbonyl (C=O) groups excluding carboxylic acids is 1. The number of halogens is 1. The van der Waals surface area contributed by atoms with Crippen molar-refractivity contribution < 1.29 is 9.53 Å². The molecule has 1 rings (SSSR count). The highest BCUT2D eigenvalue weighted by Gasteiger charge is 2.30. The highest BCUT2D eigenvalue weighted by Crippen LogP contribution is 2.20. The average Bonchev–Trinajstić information content (AvgIpc) is 2.70. The molecule has 1 aliphatic rings. The third-order valence-corrected chi connectivity index (χ3v) is 4.25. The molecule has 94 valence electrons. The third kappa shape index (κ3) is 4.42. The van der Waals surface area contributed by atoms with Gasteiger partial charge in [-0.3, -0.25) is 4.79 Å². The van der Waals surface area contributed by atoms with Gasteiger partial charge in [-0.1, -0.05) is 22.9 Å². The van der Waals surface area contributed by atoms with Crippen LogP contribution < -0.4 is 5.32 Å². The standard InChI is InChI=1S/C12H22BrNO2/c1-9(8-13)4-3-6-14-12(15)11-5-7-16-10(11)2/h9-11H,3-8H2,1-2H3,(H,14,15). The van der Waals surface area contributed by atoms with Gasteiger partial charge in [0.05, 0.1) is 12.0 Å². The van der Waals surface area contributed by atoms with Crippen LogP contribution in [0, 0.1) is 11.8 Å². The van der Waals surface area contributed by atoms with E-state index >= 15 is 0 Å². The minimum Gasteiger partial charge on any atom is -0.378 e. The lowest BCUT2D eigenvalue weighted by atomic mass is 10.0. The first-order valence-electron chi connectivity index (χ1n) is 6.10. The zero-order valence-electron chi connectivity index (χ0n) is 10.2. The number of carbonyl (C=O) groups is 1. The third-order valence-electron chi connectivity index (χ3n) is 3.15. The van der Waals surface area contributed by atoms with Crippen molar-refractivity contribution >= 4 is 21.8 Å². The van der Waals surface area contributed by atoms with Crippen LogP contribution in [0.5, 0.6) is 0 Å². The summed E-state index contributed by atoms with van der Waals surface area (Å²) >= 11 is 3.45. The molecule has 0 aromatic carbocycles. The summed E-state index contributed by atoms with van der Waals surface area (Å²) in [4.78, 5) is 11.8. The van der Waals surface area contributed by atoms with Crippen LogP contribution >= 0.6 is 15.9 Å². The van der Waals surface area contributed by atoms with Gasteiger partial charge in [0.1, 0.15) is 0 Å². The van der Waals surface area contributed by atoms with Gasteiger partial charge < -0.3 is 10.1 Å². The van der Waals surface area contributed by atoms with E-state index in [2.05, 4.69) is 28.2 Å². The van der Waals surface area contributed by atoms with Crippen LogP contribution in [0.1, 0.15) is 33.1 Å². The fraction of sp³-hybridized carbons (Fsp3) is 0.917. The largest absolute Gasteiger partial charge is 0.378 e. The van der Waals surface area contributed by atoms with E-state index in [1.54, 1.807) is 0 Å². The van der Waals surface area contributed by atoms with Crippen molar-refractivity contribution in [3.05, 3.63) is 0 Å². The second-order valence-electron chi connectivity index (χ2n) is 4.66. The molecule has 0 bridgehead atoms. The average molecular weight is 292 g/mol. The summed E-state index contributed by atoms with van der Waals surface area (Å²) in [7, 11) is 0. The molecule has 1 heterocycles. The van der Waals surface area contributed by atoms with Crippen LogP contribution in [-0.4, -0.2) is 30.5 Å². The normalized spacial score (nSPS) is 26.7. The Balaban J connectivity index is 2.10. The minimum atomic E-state index is 0.0635. The summed E-state index contributed by atoms with van der Waals surface area (Å²) in [6.07, 6.45) is 3.16. The fourth-order valence-electron chi connectivity index (χ4n) is 1.95. The first-order valence-corrected chi connectivity index (χ1v) is 7.22. The summed E-state index contributed by atoms with van der Waals surface area (Å²) in [6, 6.07) is 0. The molecular formula is C12H22BrNO2. The molecule has 1 N–H and O–H groups in total. The maximum atomic E-state index is 11.8. The number of rotatable bonds is 6. The van der Waals surface area contributed by atoms with Gasteiger partial charge >= 0.3 is 0 Å². The number of amides is 1. The molecule has 0 aromatic rings. The molecule has 3 nitrogen and oxygen atoms in total. The Kier molecular flexibility index (Phi) is 6.36. The van der Waals surface area contributed by atoms with Crippen molar-refractivity contribution in [3.8, 4) is 0 Å². The summed E-state index contributed by atoms with van der Waals surface area (Å²) in [5, 5.41) is 4.04. The van der Waals surface area contributed by atoms with Crippen LogP contribution in [0.3, 0.4) is 0 Å². The molecule has 16 heavy (non-hydrogen) atoms. The van der Waals surface area contributed by atoms with E-state index < -0.39 is 0 Å². The summed E-state index contributed by atoms with van der Waals surface area (Å²) < 4.78 is 5.38. The Morgan fingerprint density at radius 3 is 2.94 bits per heavy atom. The molecule has 3 atom stereocenters. The van der Waals surface area contributed by atoms with E-state index in [0.29, 0.717) is 5.92 Å². The zero-order chi connectivity index (χ0) is 12.0. The molecular weight excluding hydrogens is 270 g/mol. The van der Waals surface area contributed by atoms with E-state index in [4.69, 9.17) is 4.74 Å². The Hall–Kier alpha value is -0.0900. The molecule has 1 fully saturated rings. The van der Waals surface area contributed by atoms with E-state index in [0.717, 1.165) is 37.7 Å². The second-order valence-corrected chi connectivity index (χ2v) is 5.31. The van der Waals surface area contributed by atoms with Gasteiger partial charge in [0.15, 0.2) is 0 Å². The molecule has 1 saturated heterocycles. The predicted octanol–water partition coefficient (Wildman–Crippen LogP) is 2.34. The van der Waals surface area contributed by atoms with Crippen LogP contribution in [0.25, 0.3) is 0 Å². The maximum Gasteiger partial charge on any atom is 0.225 e. The first-order chi connectivity index (χ1) is 7.65. The van der Waals surface area contributed by atoms with Crippen LogP contribution in [0.2, 0.25) is 0 Å². The van der Waals surface area contributed by atoms with Crippen LogP contribution in [-0.2, 0) is 9.53 Å². The molecule has 1 aliphatic heterocycles. The lowest BCUT2D eigenvalue weighted by Crippen LogP contribution is -2.34. The van der Waals surface area contributed by atoms with Crippen molar-refractivity contribution in [2.24, 2.45) is 11.8 Å². The first kappa shape index (κ1) is 14.0. The summed E-state index contributed by atoms with van der Waals surface area (Å²) in [6.45, 7) is 5.70. The van der Waals surface area contributed by atoms with Crippen molar-refractivity contribution in [1.29, 1.82) is 0 Å². The number of alkyl halides is 1. The Morgan fingerprint density at radius 2 is 2.38 bits per heavy atom. The summed E-state index contributed by atoms with van der Waals surface area (Å²) in [5.74, 6) is 0.913. The molecule has 4 heteroatoms. The van der Waals surface area contributed by atoms with Crippen LogP contribution in [0.15, 0.2) is 0 Å². The molecule has 0 radical (unpaired) electrons. The number of nitrogens with one attached hydrogen (secondary N) is 1. The number of ether oxygens (including phenoxy) is 1. The van der Waals surface area contributed by atoms with E-state index in [1.807, 2.05) is 6.92 Å².